The zero-order valence-electron chi connectivity index (χ0n) is 9.81. The van der Waals surface area contributed by atoms with Crippen LogP contribution >= 0.6 is 0 Å². The second kappa shape index (κ2) is 4.61. The molecule has 1 aromatic rings. The lowest BCUT2D eigenvalue weighted by Gasteiger charge is -2.30. The first kappa shape index (κ1) is 11.7. The molecule has 1 fully saturated rings. The van der Waals surface area contributed by atoms with Gasteiger partial charge in [0.05, 0.1) is 11.8 Å². The van der Waals surface area contributed by atoms with E-state index in [1.807, 2.05) is 0 Å². The van der Waals surface area contributed by atoms with Crippen molar-refractivity contribution in [1.29, 1.82) is 0 Å². The van der Waals surface area contributed by atoms with E-state index < -0.39 is 0 Å². The van der Waals surface area contributed by atoms with Gasteiger partial charge in [0.1, 0.15) is 5.76 Å². The molecule has 0 aromatic carbocycles. The summed E-state index contributed by atoms with van der Waals surface area (Å²) in [7, 11) is 0. The van der Waals surface area contributed by atoms with Gasteiger partial charge in [-0.05, 0) is 25.8 Å². The molecule has 0 bridgehead atoms. The number of carbonyl (C=O) groups excluding carboxylic acids is 2. The van der Waals surface area contributed by atoms with Gasteiger partial charge in [-0.15, -0.1) is 0 Å². The average Bonchev–Trinajstić information content (AvgIpc) is 2.74. The minimum Gasteiger partial charge on any atom is -0.469 e. The summed E-state index contributed by atoms with van der Waals surface area (Å²) < 4.78 is 5.11. The minimum absolute atomic E-state index is 0.0285. The molecule has 5 heteroatoms. The summed E-state index contributed by atoms with van der Waals surface area (Å²) in [5, 5.41) is 0. The van der Waals surface area contributed by atoms with Crippen molar-refractivity contribution in [1.82, 2.24) is 4.90 Å². The molecular weight excluding hydrogens is 220 g/mol. The Balaban J connectivity index is 2.00. The molecule has 1 aliphatic heterocycles. The molecule has 92 valence electrons. The fourth-order valence-corrected chi connectivity index (χ4v) is 2.14. The molecule has 2 amide bonds. The lowest BCUT2D eigenvalue weighted by molar-refractivity contribution is -0.123. The van der Waals surface area contributed by atoms with Crippen LogP contribution in [0, 0.1) is 12.8 Å². The molecule has 2 heterocycles. The highest BCUT2D eigenvalue weighted by Crippen LogP contribution is 2.20. The molecule has 2 N–H and O–H groups in total. The highest BCUT2D eigenvalue weighted by Gasteiger charge is 2.27. The van der Waals surface area contributed by atoms with Crippen LogP contribution in [0.4, 0.5) is 0 Å². The van der Waals surface area contributed by atoms with E-state index in [4.69, 9.17) is 10.2 Å². The molecule has 0 atom stereocenters. The summed E-state index contributed by atoms with van der Waals surface area (Å²) >= 11 is 0. The predicted molar refractivity (Wildman–Crippen MR) is 61.3 cm³/mol. The third kappa shape index (κ3) is 2.33. The fraction of sp³-hybridized carbons (Fsp3) is 0.500. The van der Waals surface area contributed by atoms with Crippen molar-refractivity contribution in [3.8, 4) is 0 Å². The van der Waals surface area contributed by atoms with Crippen LogP contribution in [0.2, 0.25) is 0 Å². The van der Waals surface area contributed by atoms with E-state index >= 15 is 0 Å². The van der Waals surface area contributed by atoms with E-state index in [0.717, 1.165) is 0 Å². The monoisotopic (exact) mass is 236 g/mol. The second-order valence-corrected chi connectivity index (χ2v) is 4.36. The number of amides is 2. The largest absolute Gasteiger partial charge is 0.469 e. The first-order chi connectivity index (χ1) is 8.09. The molecule has 0 radical (unpaired) electrons. The molecule has 0 saturated carbocycles. The predicted octanol–water partition coefficient (Wildman–Crippen LogP) is 0.926. The van der Waals surface area contributed by atoms with Crippen LogP contribution in [-0.4, -0.2) is 29.8 Å². The Morgan fingerprint density at radius 1 is 1.41 bits per heavy atom. The molecule has 1 aliphatic rings. The molecule has 5 nitrogen and oxygen atoms in total. The number of nitrogens with two attached hydrogens (primary N) is 1. The van der Waals surface area contributed by atoms with E-state index in [1.165, 1.54) is 6.26 Å². The minimum atomic E-state index is -0.267. The third-order valence-corrected chi connectivity index (χ3v) is 3.27. The molecule has 0 aliphatic carbocycles. The molecule has 1 saturated heterocycles. The van der Waals surface area contributed by atoms with Crippen LogP contribution in [0.3, 0.4) is 0 Å². The Kier molecular flexibility index (Phi) is 3.17. The van der Waals surface area contributed by atoms with Crippen LogP contribution in [0.15, 0.2) is 16.7 Å². The Morgan fingerprint density at radius 2 is 2.06 bits per heavy atom. The molecule has 0 spiro atoms. The lowest BCUT2D eigenvalue weighted by Crippen LogP contribution is -2.41. The normalized spacial score (nSPS) is 17.1. The summed E-state index contributed by atoms with van der Waals surface area (Å²) in [6.07, 6.45) is 2.81. The second-order valence-electron chi connectivity index (χ2n) is 4.36. The third-order valence-electron chi connectivity index (χ3n) is 3.27. The van der Waals surface area contributed by atoms with Crippen LogP contribution in [0.5, 0.6) is 0 Å². The van der Waals surface area contributed by atoms with E-state index in [1.54, 1.807) is 17.9 Å². The maximum absolute atomic E-state index is 12.1. The van der Waals surface area contributed by atoms with Gasteiger partial charge in [-0.2, -0.15) is 0 Å². The highest BCUT2D eigenvalue weighted by molar-refractivity contribution is 5.95. The zero-order chi connectivity index (χ0) is 12.4. The number of primary amides is 1. The molecule has 2 rings (SSSR count). The fourth-order valence-electron chi connectivity index (χ4n) is 2.14. The van der Waals surface area contributed by atoms with Gasteiger partial charge in [0.2, 0.25) is 5.91 Å². The summed E-state index contributed by atoms with van der Waals surface area (Å²) in [6, 6.07) is 1.68. The van der Waals surface area contributed by atoms with Crippen molar-refractivity contribution in [3.63, 3.8) is 0 Å². The summed E-state index contributed by atoms with van der Waals surface area (Å²) in [4.78, 5) is 24.9. The van der Waals surface area contributed by atoms with Crippen LogP contribution in [0.1, 0.15) is 29.0 Å². The van der Waals surface area contributed by atoms with Crippen molar-refractivity contribution in [3.05, 3.63) is 23.7 Å². The topological polar surface area (TPSA) is 76.5 Å². The number of piperidine rings is 1. The van der Waals surface area contributed by atoms with Gasteiger partial charge in [0.25, 0.3) is 5.91 Å². The lowest BCUT2D eigenvalue weighted by atomic mass is 9.96. The Morgan fingerprint density at radius 3 is 2.53 bits per heavy atom. The van der Waals surface area contributed by atoms with E-state index in [-0.39, 0.29) is 17.7 Å². The SMILES string of the molecule is Cc1occc1C(=O)N1CCC(C(N)=O)CC1. The number of hydrogen-bond donors (Lipinski definition) is 1. The van der Waals surface area contributed by atoms with Crippen molar-refractivity contribution in [2.75, 3.05) is 13.1 Å². The average molecular weight is 236 g/mol. The highest BCUT2D eigenvalue weighted by atomic mass is 16.3. The number of hydrogen-bond acceptors (Lipinski definition) is 3. The smallest absolute Gasteiger partial charge is 0.257 e. The quantitative estimate of drug-likeness (QED) is 0.829. The van der Waals surface area contributed by atoms with Crippen molar-refractivity contribution >= 4 is 11.8 Å². The first-order valence-electron chi connectivity index (χ1n) is 5.72. The van der Waals surface area contributed by atoms with Crippen LogP contribution in [0.25, 0.3) is 0 Å². The molecule has 17 heavy (non-hydrogen) atoms. The Bertz CT molecular complexity index is 431. The van der Waals surface area contributed by atoms with E-state index in [9.17, 15) is 9.59 Å². The summed E-state index contributed by atoms with van der Waals surface area (Å²) in [5.41, 5.74) is 5.85. The molecule has 0 unspecified atom stereocenters. The van der Waals surface area contributed by atoms with Gasteiger partial charge in [-0.1, -0.05) is 0 Å². The van der Waals surface area contributed by atoms with Crippen molar-refractivity contribution in [2.24, 2.45) is 11.7 Å². The van der Waals surface area contributed by atoms with Gasteiger partial charge >= 0.3 is 0 Å². The van der Waals surface area contributed by atoms with Crippen LogP contribution < -0.4 is 5.73 Å². The number of furan rings is 1. The van der Waals surface area contributed by atoms with Gasteiger partial charge in [0.15, 0.2) is 0 Å². The number of likely N-dealkylation sites (tertiary alicyclic amines) is 1. The maximum Gasteiger partial charge on any atom is 0.257 e. The van der Waals surface area contributed by atoms with Gasteiger partial charge in [0, 0.05) is 19.0 Å². The van der Waals surface area contributed by atoms with Gasteiger partial charge < -0.3 is 15.1 Å². The van der Waals surface area contributed by atoms with Crippen molar-refractivity contribution in [2.45, 2.75) is 19.8 Å². The van der Waals surface area contributed by atoms with Gasteiger partial charge in [-0.25, -0.2) is 0 Å². The zero-order valence-corrected chi connectivity index (χ0v) is 9.81. The maximum atomic E-state index is 12.1. The standard InChI is InChI=1S/C12H16N2O3/c1-8-10(4-7-17-8)12(16)14-5-2-9(3-6-14)11(13)15/h4,7,9H,2-3,5-6H2,1H3,(H2,13,15). The Hall–Kier alpha value is -1.78. The Labute approximate surface area is 99.6 Å². The summed E-state index contributed by atoms with van der Waals surface area (Å²) in [6.45, 7) is 2.93. The number of aryl methyl sites for hydroxylation is 1. The van der Waals surface area contributed by atoms with Crippen LogP contribution in [-0.2, 0) is 4.79 Å². The summed E-state index contributed by atoms with van der Waals surface area (Å²) in [5.74, 6) is 0.243. The number of rotatable bonds is 2. The van der Waals surface area contributed by atoms with Crippen molar-refractivity contribution < 1.29 is 14.0 Å². The number of carbonyl (C=O) groups is 2. The first-order valence-corrected chi connectivity index (χ1v) is 5.72. The van der Waals surface area contributed by atoms with E-state index in [0.29, 0.717) is 37.3 Å². The van der Waals surface area contributed by atoms with Gasteiger partial charge in [-0.3, -0.25) is 9.59 Å². The number of nitrogens with zero attached hydrogens (tertiary/aromatic N) is 1. The molecular formula is C12H16N2O3. The van der Waals surface area contributed by atoms with E-state index in [2.05, 4.69) is 0 Å². The molecule has 1 aromatic heterocycles.